The Morgan fingerprint density at radius 2 is 2.19 bits per heavy atom. The number of carbonyl (C=O) groups excluding carboxylic acids is 2. The fraction of sp³-hybridized carbons (Fsp3) is 0.625. The second-order valence-corrected chi connectivity index (χ2v) is 6.31. The van der Waals surface area contributed by atoms with E-state index in [9.17, 15) is 9.59 Å². The zero-order chi connectivity index (χ0) is 15.0. The molecule has 1 saturated heterocycles. The molecule has 0 aromatic carbocycles. The average molecular weight is 290 g/mol. The Balaban J connectivity index is 1.75. The van der Waals surface area contributed by atoms with E-state index in [4.69, 9.17) is 4.42 Å². The van der Waals surface area contributed by atoms with Gasteiger partial charge in [-0.25, -0.2) is 0 Å². The summed E-state index contributed by atoms with van der Waals surface area (Å²) in [6, 6.07) is 3.54. The van der Waals surface area contributed by atoms with Crippen molar-refractivity contribution in [2.45, 2.75) is 32.6 Å². The Morgan fingerprint density at radius 1 is 1.38 bits per heavy atom. The molecular weight excluding hydrogens is 268 g/mol. The lowest BCUT2D eigenvalue weighted by molar-refractivity contribution is -0.127. The Labute approximate surface area is 124 Å². The summed E-state index contributed by atoms with van der Waals surface area (Å²) in [7, 11) is 1.69. The van der Waals surface area contributed by atoms with Gasteiger partial charge in [0.1, 0.15) is 5.76 Å². The van der Waals surface area contributed by atoms with Crippen LogP contribution in [0.3, 0.4) is 0 Å². The number of furan rings is 1. The predicted octanol–water partition coefficient (Wildman–Crippen LogP) is 1.97. The van der Waals surface area contributed by atoms with Gasteiger partial charge in [0.25, 0.3) is 5.91 Å². The predicted molar refractivity (Wildman–Crippen MR) is 77.8 cm³/mol. The van der Waals surface area contributed by atoms with Crippen LogP contribution in [-0.2, 0) is 4.79 Å². The number of carbonyl (C=O) groups is 2. The summed E-state index contributed by atoms with van der Waals surface area (Å²) in [6.45, 7) is 3.22. The van der Waals surface area contributed by atoms with Crippen LogP contribution >= 0.6 is 0 Å². The molecule has 5 nitrogen and oxygen atoms in total. The van der Waals surface area contributed by atoms with E-state index in [-0.39, 0.29) is 23.1 Å². The SMILES string of the molecule is CNC(=O)[C@H]1CCC[C@@]12CCN(C(=O)c1ccc(C)o1)C2. The van der Waals surface area contributed by atoms with E-state index in [2.05, 4.69) is 5.32 Å². The number of nitrogens with zero attached hydrogens (tertiary/aromatic N) is 1. The van der Waals surface area contributed by atoms with Gasteiger partial charge in [-0.15, -0.1) is 0 Å². The molecule has 1 aliphatic carbocycles. The molecule has 3 rings (SSSR count). The van der Waals surface area contributed by atoms with Crippen molar-refractivity contribution in [3.63, 3.8) is 0 Å². The first-order chi connectivity index (χ1) is 10.1. The van der Waals surface area contributed by atoms with E-state index in [0.29, 0.717) is 18.8 Å². The molecule has 2 atom stereocenters. The summed E-state index contributed by atoms with van der Waals surface area (Å²) in [4.78, 5) is 26.4. The van der Waals surface area contributed by atoms with E-state index < -0.39 is 0 Å². The van der Waals surface area contributed by atoms with Crippen LogP contribution < -0.4 is 5.32 Å². The standard InChI is InChI=1S/C16H22N2O3/c1-11-5-6-13(21-11)15(20)18-9-8-16(10-18)7-3-4-12(16)14(19)17-2/h5-6,12H,3-4,7-10H2,1-2H3,(H,17,19)/t12-,16+/m1/s1. The number of rotatable bonds is 2. The molecule has 1 N–H and O–H groups in total. The van der Waals surface area contributed by atoms with Crippen molar-refractivity contribution in [1.82, 2.24) is 10.2 Å². The Kier molecular flexibility index (Phi) is 3.51. The van der Waals surface area contributed by atoms with E-state index >= 15 is 0 Å². The average Bonchev–Trinajstić information content (AvgIpc) is 3.19. The normalized spacial score (nSPS) is 28.3. The Bertz CT molecular complexity index is 566. The number of aryl methyl sites for hydroxylation is 1. The number of amides is 2. The minimum absolute atomic E-state index is 0.0304. The monoisotopic (exact) mass is 290 g/mol. The zero-order valence-corrected chi connectivity index (χ0v) is 12.6. The van der Waals surface area contributed by atoms with Crippen molar-refractivity contribution in [3.8, 4) is 0 Å². The first-order valence-corrected chi connectivity index (χ1v) is 7.63. The molecule has 0 bridgehead atoms. The van der Waals surface area contributed by atoms with E-state index in [1.54, 1.807) is 13.1 Å². The van der Waals surface area contributed by atoms with Gasteiger partial charge in [-0.3, -0.25) is 9.59 Å². The minimum Gasteiger partial charge on any atom is -0.456 e. The lowest BCUT2D eigenvalue weighted by Crippen LogP contribution is -2.40. The molecule has 1 aromatic heterocycles. The summed E-state index contributed by atoms with van der Waals surface area (Å²) >= 11 is 0. The third-order valence-electron chi connectivity index (χ3n) is 5.09. The van der Waals surface area contributed by atoms with E-state index in [0.717, 1.165) is 31.4 Å². The van der Waals surface area contributed by atoms with Crippen molar-refractivity contribution in [2.75, 3.05) is 20.1 Å². The second kappa shape index (κ2) is 5.20. The number of nitrogens with one attached hydrogen (secondary N) is 1. The van der Waals surface area contributed by atoms with Gasteiger partial charge in [-0.2, -0.15) is 0 Å². The van der Waals surface area contributed by atoms with Crippen LogP contribution in [0.15, 0.2) is 16.5 Å². The van der Waals surface area contributed by atoms with Crippen LogP contribution in [0, 0.1) is 18.3 Å². The van der Waals surface area contributed by atoms with E-state index in [1.807, 2.05) is 17.9 Å². The van der Waals surface area contributed by atoms with Crippen LogP contribution in [0.4, 0.5) is 0 Å². The lowest BCUT2D eigenvalue weighted by atomic mass is 9.76. The molecule has 2 heterocycles. The molecule has 1 spiro atoms. The number of hydrogen-bond acceptors (Lipinski definition) is 3. The summed E-state index contributed by atoms with van der Waals surface area (Å²) in [5, 5.41) is 2.78. The fourth-order valence-corrected chi connectivity index (χ4v) is 3.99. The van der Waals surface area contributed by atoms with Crippen molar-refractivity contribution >= 4 is 11.8 Å². The third kappa shape index (κ3) is 2.34. The van der Waals surface area contributed by atoms with Gasteiger partial charge >= 0.3 is 0 Å². The zero-order valence-electron chi connectivity index (χ0n) is 12.6. The molecule has 0 unspecified atom stereocenters. The quantitative estimate of drug-likeness (QED) is 0.905. The van der Waals surface area contributed by atoms with Crippen molar-refractivity contribution in [3.05, 3.63) is 23.7 Å². The van der Waals surface area contributed by atoms with Gasteiger partial charge < -0.3 is 14.6 Å². The molecule has 2 aliphatic rings. The van der Waals surface area contributed by atoms with Crippen molar-refractivity contribution in [1.29, 1.82) is 0 Å². The topological polar surface area (TPSA) is 62.6 Å². The highest BCUT2D eigenvalue weighted by Gasteiger charge is 2.51. The van der Waals surface area contributed by atoms with Gasteiger partial charge in [0, 0.05) is 31.5 Å². The molecular formula is C16H22N2O3. The van der Waals surface area contributed by atoms with Gasteiger partial charge in [-0.05, 0) is 38.3 Å². The molecule has 114 valence electrons. The summed E-state index contributed by atoms with van der Waals surface area (Å²) < 4.78 is 5.43. The van der Waals surface area contributed by atoms with Crippen molar-refractivity contribution in [2.24, 2.45) is 11.3 Å². The molecule has 2 fully saturated rings. The maximum atomic E-state index is 12.5. The smallest absolute Gasteiger partial charge is 0.289 e. The van der Waals surface area contributed by atoms with Gasteiger partial charge in [0.05, 0.1) is 0 Å². The van der Waals surface area contributed by atoms with Gasteiger partial charge in [0.2, 0.25) is 5.91 Å². The van der Waals surface area contributed by atoms with Crippen molar-refractivity contribution < 1.29 is 14.0 Å². The molecule has 1 aliphatic heterocycles. The number of hydrogen-bond donors (Lipinski definition) is 1. The van der Waals surface area contributed by atoms with Crippen LogP contribution in [0.1, 0.15) is 42.0 Å². The third-order valence-corrected chi connectivity index (χ3v) is 5.09. The Morgan fingerprint density at radius 3 is 2.86 bits per heavy atom. The van der Waals surface area contributed by atoms with Crippen LogP contribution in [0.2, 0.25) is 0 Å². The summed E-state index contributed by atoms with van der Waals surface area (Å²) in [5.74, 6) is 1.26. The van der Waals surface area contributed by atoms with Gasteiger partial charge in [0.15, 0.2) is 5.76 Å². The minimum atomic E-state index is -0.0532. The van der Waals surface area contributed by atoms with E-state index in [1.165, 1.54) is 0 Å². The molecule has 2 amide bonds. The second-order valence-electron chi connectivity index (χ2n) is 6.31. The lowest BCUT2D eigenvalue weighted by Gasteiger charge is -2.30. The van der Waals surface area contributed by atoms with Crippen LogP contribution in [0.5, 0.6) is 0 Å². The summed E-state index contributed by atoms with van der Waals surface area (Å²) in [5.41, 5.74) is -0.0304. The van der Waals surface area contributed by atoms with Gasteiger partial charge in [-0.1, -0.05) is 6.42 Å². The molecule has 1 saturated carbocycles. The summed E-state index contributed by atoms with van der Waals surface area (Å²) in [6.07, 6.45) is 3.95. The molecule has 21 heavy (non-hydrogen) atoms. The molecule has 5 heteroatoms. The highest BCUT2D eigenvalue weighted by Crippen LogP contribution is 2.50. The maximum absolute atomic E-state index is 12.5. The first kappa shape index (κ1) is 14.2. The van der Waals surface area contributed by atoms with Crippen LogP contribution in [0.25, 0.3) is 0 Å². The molecule has 1 aromatic rings. The Hall–Kier alpha value is -1.78. The maximum Gasteiger partial charge on any atom is 0.289 e. The fourth-order valence-electron chi connectivity index (χ4n) is 3.99. The highest BCUT2D eigenvalue weighted by molar-refractivity contribution is 5.92. The largest absolute Gasteiger partial charge is 0.456 e. The highest BCUT2D eigenvalue weighted by atomic mass is 16.3. The number of likely N-dealkylation sites (tertiary alicyclic amines) is 1. The molecule has 0 radical (unpaired) electrons. The first-order valence-electron chi connectivity index (χ1n) is 7.63. The van der Waals surface area contributed by atoms with Crippen LogP contribution in [-0.4, -0.2) is 36.9 Å².